The molecule has 32 atom stereocenters. The Balaban J connectivity index is 1.11. The van der Waals surface area contributed by atoms with Crippen LogP contribution in [0.1, 0.15) is 0 Å². The number of aliphatic hydroxyl groups excluding tert-OH is 20. The molecule has 33 heteroatoms. The number of ether oxygens (including phenoxy) is 13. The summed E-state index contributed by atoms with van der Waals surface area (Å²) in [6, 6.07) is 0. The molecular formula is C39H66O33. The molecule has 0 aromatic rings. The lowest BCUT2D eigenvalue weighted by molar-refractivity contribution is -0.393. The quantitative estimate of drug-likeness (QED) is 0.0682. The first kappa shape index (κ1) is 58.4. The van der Waals surface area contributed by atoms with Crippen molar-refractivity contribution in [2.45, 2.75) is 197 Å². The molecule has 0 aromatic heterocycles. The van der Waals surface area contributed by atoms with E-state index in [1.807, 2.05) is 0 Å². The Labute approximate surface area is 406 Å². The Morgan fingerprint density at radius 1 is 0.292 bits per heavy atom. The van der Waals surface area contributed by atoms with Gasteiger partial charge in [0.2, 0.25) is 0 Å². The average molecular weight is 1060 g/mol. The first-order valence-electron chi connectivity index (χ1n) is 22.9. The van der Waals surface area contributed by atoms with Crippen LogP contribution < -0.4 is 0 Å². The van der Waals surface area contributed by atoms with Crippen molar-refractivity contribution in [1.29, 1.82) is 0 Å². The smallest absolute Gasteiger partial charge is 0.187 e. The van der Waals surface area contributed by atoms with Gasteiger partial charge in [0.05, 0.1) is 46.2 Å². The van der Waals surface area contributed by atoms with E-state index in [2.05, 4.69) is 0 Å². The highest BCUT2D eigenvalue weighted by atomic mass is 16.8. The molecule has 0 saturated carbocycles. The van der Waals surface area contributed by atoms with Crippen LogP contribution in [0.2, 0.25) is 0 Å². The predicted molar refractivity (Wildman–Crippen MR) is 214 cm³/mol. The van der Waals surface area contributed by atoms with Gasteiger partial charge >= 0.3 is 0 Å². The van der Waals surface area contributed by atoms with Crippen LogP contribution in [0.4, 0.5) is 0 Å². The molecule has 420 valence electrons. The fraction of sp³-hybridized carbons (Fsp3) is 1.00. The van der Waals surface area contributed by atoms with Gasteiger partial charge in [-0.25, -0.2) is 0 Å². The Morgan fingerprint density at radius 3 is 0.972 bits per heavy atom. The summed E-state index contributed by atoms with van der Waals surface area (Å²) in [5.41, 5.74) is 0. The molecule has 33 nitrogen and oxygen atoms in total. The van der Waals surface area contributed by atoms with Gasteiger partial charge in [0.1, 0.15) is 153 Å². The van der Waals surface area contributed by atoms with E-state index in [-0.39, 0.29) is 0 Å². The van der Waals surface area contributed by atoms with Gasteiger partial charge < -0.3 is 164 Å². The van der Waals surface area contributed by atoms with Crippen LogP contribution in [0.3, 0.4) is 0 Å². The van der Waals surface area contributed by atoms with E-state index in [9.17, 15) is 102 Å². The van der Waals surface area contributed by atoms with E-state index in [0.29, 0.717) is 0 Å². The number of hydrogen-bond acceptors (Lipinski definition) is 33. The number of hydrogen-bond donors (Lipinski definition) is 20. The fourth-order valence-corrected chi connectivity index (χ4v) is 8.85. The summed E-state index contributed by atoms with van der Waals surface area (Å²) in [5.74, 6) is 0. The van der Waals surface area contributed by atoms with Crippen LogP contribution >= 0.6 is 0 Å². The highest BCUT2D eigenvalue weighted by molar-refractivity contribution is 4.99. The molecule has 7 rings (SSSR count). The maximum Gasteiger partial charge on any atom is 0.187 e. The first-order valence-corrected chi connectivity index (χ1v) is 22.9. The summed E-state index contributed by atoms with van der Waals surface area (Å²) in [5, 5.41) is 211. The van der Waals surface area contributed by atoms with Crippen LogP contribution in [0.15, 0.2) is 0 Å². The van der Waals surface area contributed by atoms with Gasteiger partial charge in [0.15, 0.2) is 44.0 Å². The van der Waals surface area contributed by atoms with Crippen molar-refractivity contribution in [3.05, 3.63) is 0 Å². The monoisotopic (exact) mass is 1060 g/mol. The third kappa shape index (κ3) is 12.5. The minimum atomic E-state index is -2.30. The van der Waals surface area contributed by atoms with Crippen LogP contribution in [-0.4, -0.2) is 345 Å². The summed E-state index contributed by atoms with van der Waals surface area (Å²) in [7, 11) is 0. The zero-order valence-electron chi connectivity index (χ0n) is 37.7. The SMILES string of the molecule is OC[C@H]1O[C@H](O)[C@H](O)[C@@H](O)[C@@H]1O[C@H]1O[C@H](CO[C@H]2OC[C@@H](O)[C@H](O)[C@H]2O)[C@@H](O[C@@H]2O[C@H](CO[C@H]3OC[C@@H](O)[C@H](O)[C@H]3O)[C@@H](O[C@@H]3O[C@H](CO[C@H]4OC[C@@H](O)[C@H](O)[C@H]4O)[C@@H](O)[C@H](O)[C@H]3O)[C@H](O)[C@H]2O)[C@H](O)[C@H]1O. The van der Waals surface area contributed by atoms with Gasteiger partial charge in [-0.1, -0.05) is 0 Å². The molecule has 7 saturated heterocycles. The average Bonchev–Trinajstić information content (AvgIpc) is 3.36. The first-order chi connectivity index (χ1) is 34.0. The minimum Gasteiger partial charge on any atom is -0.394 e. The molecule has 0 radical (unpaired) electrons. The van der Waals surface area contributed by atoms with Crippen molar-refractivity contribution in [3.8, 4) is 0 Å². The Morgan fingerprint density at radius 2 is 0.597 bits per heavy atom. The lowest BCUT2D eigenvalue weighted by atomic mass is 9.95. The molecule has 7 heterocycles. The van der Waals surface area contributed by atoms with E-state index in [4.69, 9.17) is 61.6 Å². The van der Waals surface area contributed by atoms with E-state index in [1.165, 1.54) is 0 Å². The predicted octanol–water partition coefficient (Wildman–Crippen LogP) is -14.4. The molecule has 0 spiro atoms. The summed E-state index contributed by atoms with van der Waals surface area (Å²) < 4.78 is 72.6. The molecule has 7 fully saturated rings. The molecule has 0 bridgehead atoms. The zero-order chi connectivity index (χ0) is 52.6. The Hall–Kier alpha value is -1.32. The van der Waals surface area contributed by atoms with E-state index in [0.717, 1.165) is 0 Å². The molecule has 7 aliphatic rings. The topological polar surface area (TPSA) is 525 Å². The van der Waals surface area contributed by atoms with Gasteiger partial charge in [-0.3, -0.25) is 0 Å². The van der Waals surface area contributed by atoms with Crippen molar-refractivity contribution >= 4 is 0 Å². The van der Waals surface area contributed by atoms with Crippen LogP contribution in [0, 0.1) is 0 Å². The Kier molecular flexibility index (Phi) is 20.3. The molecule has 0 unspecified atom stereocenters. The van der Waals surface area contributed by atoms with E-state index in [1.54, 1.807) is 0 Å². The lowest BCUT2D eigenvalue weighted by Crippen LogP contribution is -2.68. The maximum absolute atomic E-state index is 11.7. The second-order valence-electron chi connectivity index (χ2n) is 18.3. The molecule has 0 aliphatic carbocycles. The highest BCUT2D eigenvalue weighted by Gasteiger charge is 2.56. The van der Waals surface area contributed by atoms with Gasteiger partial charge in [0, 0.05) is 0 Å². The van der Waals surface area contributed by atoms with Crippen molar-refractivity contribution < 1.29 is 164 Å². The molecule has 0 amide bonds. The number of aliphatic hydroxyl groups is 20. The van der Waals surface area contributed by atoms with E-state index < -0.39 is 243 Å². The summed E-state index contributed by atoms with van der Waals surface area (Å²) in [4.78, 5) is 0. The number of rotatable bonds is 16. The highest BCUT2D eigenvalue weighted by Crippen LogP contribution is 2.36. The van der Waals surface area contributed by atoms with Gasteiger partial charge in [-0.2, -0.15) is 0 Å². The van der Waals surface area contributed by atoms with Crippen LogP contribution in [0.25, 0.3) is 0 Å². The van der Waals surface area contributed by atoms with Gasteiger partial charge in [-0.05, 0) is 0 Å². The third-order valence-electron chi connectivity index (χ3n) is 13.3. The zero-order valence-corrected chi connectivity index (χ0v) is 37.7. The summed E-state index contributed by atoms with van der Waals surface area (Å²) >= 11 is 0. The van der Waals surface area contributed by atoms with Crippen LogP contribution in [0.5, 0.6) is 0 Å². The second-order valence-corrected chi connectivity index (χ2v) is 18.3. The van der Waals surface area contributed by atoms with Crippen molar-refractivity contribution in [3.63, 3.8) is 0 Å². The van der Waals surface area contributed by atoms with Gasteiger partial charge in [0.25, 0.3) is 0 Å². The van der Waals surface area contributed by atoms with Crippen molar-refractivity contribution in [2.75, 3.05) is 46.2 Å². The summed E-state index contributed by atoms with van der Waals surface area (Å²) in [6.07, 6.45) is -60.4. The van der Waals surface area contributed by atoms with E-state index >= 15 is 0 Å². The minimum absolute atomic E-state index is 0.471. The van der Waals surface area contributed by atoms with Crippen molar-refractivity contribution in [2.24, 2.45) is 0 Å². The largest absolute Gasteiger partial charge is 0.394 e. The molecule has 20 N–H and O–H groups in total. The maximum atomic E-state index is 11.7. The normalized spacial score (nSPS) is 53.8. The van der Waals surface area contributed by atoms with Crippen molar-refractivity contribution in [1.82, 2.24) is 0 Å². The molecule has 7 aliphatic heterocycles. The lowest BCUT2D eigenvalue weighted by Gasteiger charge is -2.49. The third-order valence-corrected chi connectivity index (χ3v) is 13.3. The molecular weight excluding hydrogens is 996 g/mol. The van der Waals surface area contributed by atoms with Gasteiger partial charge in [-0.15, -0.1) is 0 Å². The Bertz CT molecular complexity index is 1660. The van der Waals surface area contributed by atoms with Crippen LogP contribution in [-0.2, 0) is 61.6 Å². The fourth-order valence-electron chi connectivity index (χ4n) is 8.85. The summed E-state index contributed by atoms with van der Waals surface area (Å²) in [6.45, 7) is -4.95. The molecule has 0 aromatic carbocycles. The molecule has 72 heavy (non-hydrogen) atoms. The standard InChI is InChI=1S/C39H66O33/c40-1-11-30(20(49)23(52)33(59)66-11)70-38-28(57)21(50)32(14(68-38)7-65-36-26(55)17(46)10(43)4-62-36)72-39-29(58)22(51)31(13(69-39)6-64-35-25(54)16(45)9(42)3-61-35)71-37-27(56)19(48)18(47)12(67-37)5-63-34-24(53)15(44)8(41)2-60-34/h8-59H,1-7H2/t8-,9-,10-,11-,12-,13-,14-,15+,16+,17+,18-,19+,20-,21-,22-,23-,24-,25-,26-,27-,28-,29-,30-,31-,32-,33+,34-,35-,36-,37+,38-,39+/m1/s1. The second kappa shape index (κ2) is 25.0.